The van der Waals surface area contributed by atoms with E-state index in [0.717, 1.165) is 40.4 Å². The van der Waals surface area contributed by atoms with Crippen LogP contribution in [-0.2, 0) is 0 Å². The molecule has 5 heteroatoms. The van der Waals surface area contributed by atoms with Gasteiger partial charge in [-0.05, 0) is 66.8 Å². The van der Waals surface area contributed by atoms with Crippen molar-refractivity contribution in [1.82, 2.24) is 9.97 Å². The maximum Gasteiger partial charge on any atom is 0.146 e. The van der Waals surface area contributed by atoms with Crippen LogP contribution in [0, 0.1) is 17.8 Å². The standard InChI is InChI=1S/C15H23BrN4/c1-3-17-14-13(16)15(19-8-18-14)20-9(2)12-7-10-4-5-11(12)6-10/h8-12H,3-7H2,1-2H3,(H2,17,18,19,20). The number of anilines is 2. The van der Waals surface area contributed by atoms with Gasteiger partial charge in [-0.3, -0.25) is 0 Å². The van der Waals surface area contributed by atoms with Crippen molar-refractivity contribution in [2.75, 3.05) is 17.2 Å². The van der Waals surface area contributed by atoms with Gasteiger partial charge in [0.1, 0.15) is 22.4 Å². The number of hydrogen-bond acceptors (Lipinski definition) is 4. The van der Waals surface area contributed by atoms with Gasteiger partial charge in [-0.2, -0.15) is 0 Å². The zero-order valence-electron chi connectivity index (χ0n) is 12.2. The van der Waals surface area contributed by atoms with Gasteiger partial charge < -0.3 is 10.6 Å². The van der Waals surface area contributed by atoms with E-state index in [0.29, 0.717) is 6.04 Å². The summed E-state index contributed by atoms with van der Waals surface area (Å²) in [5.41, 5.74) is 0. The second-order valence-electron chi connectivity index (χ2n) is 6.19. The summed E-state index contributed by atoms with van der Waals surface area (Å²) in [6.07, 6.45) is 7.34. The van der Waals surface area contributed by atoms with Gasteiger partial charge in [0.25, 0.3) is 0 Å². The second kappa shape index (κ2) is 5.88. The average Bonchev–Trinajstić information content (AvgIpc) is 3.06. The first-order valence-corrected chi connectivity index (χ1v) is 8.49. The van der Waals surface area contributed by atoms with Crippen LogP contribution < -0.4 is 10.6 Å². The molecule has 0 amide bonds. The molecule has 4 nitrogen and oxygen atoms in total. The fourth-order valence-electron chi connectivity index (χ4n) is 3.99. The monoisotopic (exact) mass is 338 g/mol. The van der Waals surface area contributed by atoms with Crippen LogP contribution in [0.4, 0.5) is 11.6 Å². The third kappa shape index (κ3) is 2.65. The van der Waals surface area contributed by atoms with Crippen LogP contribution in [0.1, 0.15) is 39.5 Å². The molecule has 0 radical (unpaired) electrons. The molecule has 0 saturated heterocycles. The third-order valence-corrected chi connectivity index (χ3v) is 5.68. The molecule has 2 fully saturated rings. The van der Waals surface area contributed by atoms with Gasteiger partial charge in [-0.1, -0.05) is 6.42 Å². The Balaban J connectivity index is 1.69. The minimum atomic E-state index is 0.478. The highest BCUT2D eigenvalue weighted by Gasteiger charge is 2.41. The Morgan fingerprint density at radius 1 is 1.30 bits per heavy atom. The van der Waals surface area contributed by atoms with Gasteiger partial charge in [-0.15, -0.1) is 0 Å². The first-order chi connectivity index (χ1) is 9.69. The fourth-order valence-corrected chi connectivity index (χ4v) is 4.45. The first-order valence-electron chi connectivity index (χ1n) is 7.70. The van der Waals surface area contributed by atoms with Gasteiger partial charge in [0, 0.05) is 12.6 Å². The van der Waals surface area contributed by atoms with Crippen molar-refractivity contribution in [2.45, 2.75) is 45.6 Å². The van der Waals surface area contributed by atoms with Crippen LogP contribution in [0.2, 0.25) is 0 Å². The van der Waals surface area contributed by atoms with E-state index in [4.69, 9.17) is 0 Å². The molecule has 0 spiro atoms. The van der Waals surface area contributed by atoms with Crippen molar-refractivity contribution in [1.29, 1.82) is 0 Å². The van der Waals surface area contributed by atoms with Gasteiger partial charge in [-0.25, -0.2) is 9.97 Å². The van der Waals surface area contributed by atoms with Gasteiger partial charge in [0.2, 0.25) is 0 Å². The molecule has 20 heavy (non-hydrogen) atoms. The topological polar surface area (TPSA) is 49.8 Å². The summed E-state index contributed by atoms with van der Waals surface area (Å²) < 4.78 is 0.942. The molecule has 3 rings (SSSR count). The molecule has 2 saturated carbocycles. The van der Waals surface area contributed by atoms with E-state index in [-0.39, 0.29) is 0 Å². The van der Waals surface area contributed by atoms with Crippen LogP contribution in [0.3, 0.4) is 0 Å². The zero-order valence-corrected chi connectivity index (χ0v) is 13.8. The number of nitrogens with one attached hydrogen (secondary N) is 2. The van der Waals surface area contributed by atoms with Crippen LogP contribution in [0.5, 0.6) is 0 Å². The van der Waals surface area contributed by atoms with E-state index in [2.05, 4.69) is 50.4 Å². The number of fused-ring (bicyclic) bond motifs is 2. The van der Waals surface area contributed by atoms with Crippen molar-refractivity contribution in [3.8, 4) is 0 Å². The highest BCUT2D eigenvalue weighted by atomic mass is 79.9. The van der Waals surface area contributed by atoms with Crippen LogP contribution in [0.25, 0.3) is 0 Å². The second-order valence-corrected chi connectivity index (χ2v) is 6.98. The van der Waals surface area contributed by atoms with E-state index in [1.807, 2.05) is 0 Å². The highest BCUT2D eigenvalue weighted by Crippen LogP contribution is 2.50. The molecule has 0 aliphatic heterocycles. The summed E-state index contributed by atoms with van der Waals surface area (Å²) in [5, 5.41) is 6.85. The minimum Gasteiger partial charge on any atom is -0.369 e. The lowest BCUT2D eigenvalue weighted by Crippen LogP contribution is -2.30. The molecule has 2 bridgehead atoms. The predicted octanol–water partition coefficient (Wildman–Crippen LogP) is 3.91. The minimum absolute atomic E-state index is 0.478. The van der Waals surface area contributed by atoms with E-state index in [1.165, 1.54) is 25.7 Å². The largest absolute Gasteiger partial charge is 0.369 e. The summed E-state index contributed by atoms with van der Waals surface area (Å²) in [6, 6.07) is 0.478. The summed E-state index contributed by atoms with van der Waals surface area (Å²) >= 11 is 3.61. The molecular formula is C15H23BrN4. The lowest BCUT2D eigenvalue weighted by molar-refractivity contribution is 0.304. The molecule has 2 aliphatic rings. The van der Waals surface area contributed by atoms with Crippen molar-refractivity contribution in [3.63, 3.8) is 0 Å². The molecule has 1 aromatic heterocycles. The van der Waals surface area contributed by atoms with Crippen LogP contribution in [-0.4, -0.2) is 22.6 Å². The number of rotatable bonds is 5. The quantitative estimate of drug-likeness (QED) is 0.854. The van der Waals surface area contributed by atoms with Crippen molar-refractivity contribution >= 4 is 27.6 Å². The summed E-state index contributed by atoms with van der Waals surface area (Å²) in [6.45, 7) is 5.23. The number of halogens is 1. The Morgan fingerprint density at radius 2 is 2.10 bits per heavy atom. The molecule has 1 heterocycles. The van der Waals surface area contributed by atoms with E-state index in [9.17, 15) is 0 Å². The number of nitrogens with zero attached hydrogens (tertiary/aromatic N) is 2. The predicted molar refractivity (Wildman–Crippen MR) is 85.9 cm³/mol. The fraction of sp³-hybridized carbons (Fsp3) is 0.733. The Labute approximate surface area is 129 Å². The van der Waals surface area contributed by atoms with Gasteiger partial charge in [0.15, 0.2) is 0 Å². The molecule has 0 aromatic carbocycles. The maximum absolute atomic E-state index is 4.39. The van der Waals surface area contributed by atoms with E-state index in [1.54, 1.807) is 6.33 Å². The lowest BCUT2D eigenvalue weighted by atomic mass is 9.84. The lowest BCUT2D eigenvalue weighted by Gasteiger charge is -2.29. The molecule has 2 aliphatic carbocycles. The Morgan fingerprint density at radius 3 is 2.75 bits per heavy atom. The van der Waals surface area contributed by atoms with Gasteiger partial charge >= 0.3 is 0 Å². The molecule has 4 unspecified atom stereocenters. The SMILES string of the molecule is CCNc1ncnc(NC(C)C2CC3CCC2C3)c1Br. The molecule has 110 valence electrons. The van der Waals surface area contributed by atoms with Gasteiger partial charge in [0.05, 0.1) is 0 Å². The summed E-state index contributed by atoms with van der Waals surface area (Å²) in [7, 11) is 0. The molecular weight excluding hydrogens is 316 g/mol. The average molecular weight is 339 g/mol. The highest BCUT2D eigenvalue weighted by molar-refractivity contribution is 9.10. The summed E-state index contributed by atoms with van der Waals surface area (Å²) in [4.78, 5) is 8.65. The Kier molecular flexibility index (Phi) is 4.15. The van der Waals surface area contributed by atoms with E-state index >= 15 is 0 Å². The molecule has 2 N–H and O–H groups in total. The Bertz CT molecular complexity index is 479. The smallest absolute Gasteiger partial charge is 0.146 e. The van der Waals surface area contributed by atoms with Crippen molar-refractivity contribution in [2.24, 2.45) is 17.8 Å². The Hall–Kier alpha value is -0.840. The normalized spacial score (nSPS) is 29.4. The first kappa shape index (κ1) is 14.1. The van der Waals surface area contributed by atoms with Crippen LogP contribution >= 0.6 is 15.9 Å². The molecule has 4 atom stereocenters. The van der Waals surface area contributed by atoms with Crippen LogP contribution in [0.15, 0.2) is 10.8 Å². The number of aromatic nitrogens is 2. The zero-order chi connectivity index (χ0) is 14.1. The molecule has 1 aromatic rings. The van der Waals surface area contributed by atoms with Crippen molar-refractivity contribution in [3.05, 3.63) is 10.8 Å². The van der Waals surface area contributed by atoms with E-state index < -0.39 is 0 Å². The number of hydrogen-bond donors (Lipinski definition) is 2. The maximum atomic E-state index is 4.39. The third-order valence-electron chi connectivity index (χ3n) is 4.93. The van der Waals surface area contributed by atoms with Crippen molar-refractivity contribution < 1.29 is 0 Å². The summed E-state index contributed by atoms with van der Waals surface area (Å²) in [5.74, 6) is 4.49.